The fraction of sp³-hybridized carbons (Fsp3) is 0.692. The molecule has 2 rings (SSSR count). The van der Waals surface area contributed by atoms with E-state index in [1.54, 1.807) is 26.2 Å². The molecule has 2 heterocycles. The van der Waals surface area contributed by atoms with Crippen molar-refractivity contribution in [3.05, 3.63) is 12.4 Å². The molecule has 110 valence electrons. The Labute approximate surface area is 119 Å². The summed E-state index contributed by atoms with van der Waals surface area (Å²) < 4.78 is 13.2. The zero-order valence-corrected chi connectivity index (χ0v) is 12.8. The van der Waals surface area contributed by atoms with Crippen molar-refractivity contribution in [2.24, 2.45) is 0 Å². The lowest BCUT2D eigenvalue weighted by molar-refractivity contribution is -0.146. The molecule has 6 nitrogen and oxygen atoms in total. The molecular formula is C13H21BN2O4. The lowest BCUT2D eigenvalue weighted by Gasteiger charge is -2.32. The molecule has 0 radical (unpaired) electrons. The summed E-state index contributed by atoms with van der Waals surface area (Å²) in [5.74, 6) is -0.943. The van der Waals surface area contributed by atoms with E-state index in [4.69, 9.17) is 9.31 Å². The Morgan fingerprint density at radius 2 is 1.80 bits per heavy atom. The molecule has 20 heavy (non-hydrogen) atoms. The average Bonchev–Trinajstić information content (AvgIpc) is 2.82. The van der Waals surface area contributed by atoms with Crippen molar-refractivity contribution in [2.75, 3.05) is 0 Å². The van der Waals surface area contributed by atoms with Crippen molar-refractivity contribution in [3.8, 4) is 0 Å². The van der Waals surface area contributed by atoms with E-state index in [2.05, 4.69) is 5.10 Å². The van der Waals surface area contributed by atoms with E-state index in [1.165, 1.54) is 4.68 Å². The highest BCUT2D eigenvalue weighted by Crippen LogP contribution is 2.36. The Morgan fingerprint density at radius 1 is 1.30 bits per heavy atom. The summed E-state index contributed by atoms with van der Waals surface area (Å²) >= 11 is 0. The summed E-state index contributed by atoms with van der Waals surface area (Å²) in [4.78, 5) is 11.2. The van der Waals surface area contributed by atoms with Crippen molar-refractivity contribution in [2.45, 2.75) is 58.3 Å². The van der Waals surface area contributed by atoms with Crippen LogP contribution < -0.4 is 5.46 Å². The molecule has 0 atom stereocenters. The number of aromatic nitrogens is 2. The first kappa shape index (κ1) is 15.1. The first-order valence-electron chi connectivity index (χ1n) is 6.61. The van der Waals surface area contributed by atoms with Crippen molar-refractivity contribution >= 4 is 18.6 Å². The molecule has 1 saturated heterocycles. The van der Waals surface area contributed by atoms with Crippen molar-refractivity contribution in [1.82, 2.24) is 9.78 Å². The third-order valence-electron chi connectivity index (χ3n) is 4.22. The fourth-order valence-electron chi connectivity index (χ4n) is 1.84. The van der Waals surface area contributed by atoms with Gasteiger partial charge in [0.1, 0.15) is 0 Å². The van der Waals surface area contributed by atoms with E-state index in [0.717, 1.165) is 5.46 Å². The molecule has 7 heteroatoms. The zero-order valence-electron chi connectivity index (χ0n) is 12.8. The van der Waals surface area contributed by atoms with Crippen LogP contribution in [0.25, 0.3) is 0 Å². The molecular weight excluding hydrogens is 259 g/mol. The minimum atomic E-state index is -1.11. The molecule has 1 N–H and O–H groups in total. The van der Waals surface area contributed by atoms with Gasteiger partial charge in [0.15, 0.2) is 5.54 Å². The molecule has 0 unspecified atom stereocenters. The summed E-state index contributed by atoms with van der Waals surface area (Å²) in [6.45, 7) is 11.1. The van der Waals surface area contributed by atoms with Crippen LogP contribution in [0.15, 0.2) is 12.4 Å². The Balaban J connectivity index is 2.26. The molecule has 1 fully saturated rings. The highest BCUT2D eigenvalue weighted by molar-refractivity contribution is 6.62. The normalized spacial score (nSPS) is 21.2. The van der Waals surface area contributed by atoms with E-state index >= 15 is 0 Å². The summed E-state index contributed by atoms with van der Waals surface area (Å²) in [7, 11) is -0.529. The molecule has 1 aliphatic rings. The molecule has 0 amide bonds. The number of hydrogen-bond donors (Lipinski definition) is 1. The predicted octanol–water partition coefficient (Wildman–Crippen LogP) is 1.00. The molecule has 0 aromatic carbocycles. The molecule has 0 aliphatic carbocycles. The number of aliphatic carboxylic acids is 1. The SMILES string of the molecule is CC(C)(C(=O)O)n1cc(B2OC(C)(C)C(C)(C)O2)cn1. The van der Waals surface area contributed by atoms with Crippen LogP contribution in [0, 0.1) is 0 Å². The highest BCUT2D eigenvalue weighted by atomic mass is 16.7. The molecule has 0 saturated carbocycles. The van der Waals surface area contributed by atoms with Crippen LogP contribution in [0.3, 0.4) is 0 Å². The number of carbonyl (C=O) groups is 1. The summed E-state index contributed by atoms with van der Waals surface area (Å²) in [6.07, 6.45) is 3.25. The molecule has 0 bridgehead atoms. The molecule has 1 aliphatic heterocycles. The van der Waals surface area contributed by atoms with E-state index in [9.17, 15) is 9.90 Å². The second kappa shape index (κ2) is 4.33. The van der Waals surface area contributed by atoms with Gasteiger partial charge in [-0.25, -0.2) is 4.79 Å². The van der Waals surface area contributed by atoms with Crippen LogP contribution in [0.4, 0.5) is 0 Å². The van der Waals surface area contributed by atoms with E-state index in [0.29, 0.717) is 0 Å². The lowest BCUT2D eigenvalue weighted by atomic mass is 9.82. The molecule has 1 aromatic heterocycles. The van der Waals surface area contributed by atoms with Crippen molar-refractivity contribution in [3.63, 3.8) is 0 Å². The van der Waals surface area contributed by atoms with Gasteiger partial charge in [-0.2, -0.15) is 5.10 Å². The second-order valence-corrected chi connectivity index (χ2v) is 6.67. The van der Waals surface area contributed by atoms with Gasteiger partial charge < -0.3 is 14.4 Å². The largest absolute Gasteiger partial charge is 0.498 e. The Kier molecular flexibility index (Phi) is 3.26. The first-order chi connectivity index (χ1) is 8.97. The number of nitrogens with zero attached hydrogens (tertiary/aromatic N) is 2. The van der Waals surface area contributed by atoms with E-state index in [-0.39, 0.29) is 0 Å². The van der Waals surface area contributed by atoms with E-state index in [1.807, 2.05) is 27.7 Å². The van der Waals surface area contributed by atoms with Crippen LogP contribution in [0.2, 0.25) is 0 Å². The maximum absolute atomic E-state index is 11.2. The minimum Gasteiger partial charge on any atom is -0.479 e. The van der Waals surface area contributed by atoms with Gasteiger partial charge in [0.05, 0.1) is 11.2 Å². The quantitative estimate of drug-likeness (QED) is 0.836. The van der Waals surface area contributed by atoms with Gasteiger partial charge in [0, 0.05) is 17.9 Å². The van der Waals surface area contributed by atoms with Crippen LogP contribution in [-0.2, 0) is 19.6 Å². The van der Waals surface area contributed by atoms with Gasteiger partial charge in [0.2, 0.25) is 0 Å². The third-order valence-corrected chi connectivity index (χ3v) is 4.22. The summed E-state index contributed by atoms with van der Waals surface area (Å²) in [5.41, 5.74) is -1.25. The average molecular weight is 280 g/mol. The van der Waals surface area contributed by atoms with Gasteiger partial charge in [-0.15, -0.1) is 0 Å². The van der Waals surface area contributed by atoms with Crippen molar-refractivity contribution < 1.29 is 19.2 Å². The number of carboxylic acid groups (broad SMARTS) is 1. The van der Waals surface area contributed by atoms with Crippen LogP contribution >= 0.6 is 0 Å². The van der Waals surface area contributed by atoms with Crippen LogP contribution in [0.5, 0.6) is 0 Å². The molecule has 1 aromatic rings. The Morgan fingerprint density at radius 3 is 2.25 bits per heavy atom. The highest BCUT2D eigenvalue weighted by Gasteiger charge is 2.52. The number of rotatable bonds is 3. The molecule has 0 spiro atoms. The maximum Gasteiger partial charge on any atom is 0.498 e. The number of carboxylic acids is 1. The van der Waals surface area contributed by atoms with Gasteiger partial charge in [-0.3, -0.25) is 4.68 Å². The van der Waals surface area contributed by atoms with Crippen LogP contribution in [0.1, 0.15) is 41.5 Å². The monoisotopic (exact) mass is 280 g/mol. The topological polar surface area (TPSA) is 73.6 Å². The van der Waals surface area contributed by atoms with Gasteiger partial charge in [-0.1, -0.05) is 0 Å². The number of hydrogen-bond acceptors (Lipinski definition) is 4. The predicted molar refractivity (Wildman–Crippen MR) is 74.9 cm³/mol. The summed E-state index contributed by atoms with van der Waals surface area (Å²) in [6, 6.07) is 0. The van der Waals surface area contributed by atoms with Crippen LogP contribution in [-0.4, -0.2) is 39.2 Å². The minimum absolute atomic E-state index is 0.428. The summed E-state index contributed by atoms with van der Waals surface area (Å²) in [5, 5.41) is 13.3. The second-order valence-electron chi connectivity index (χ2n) is 6.67. The first-order valence-corrected chi connectivity index (χ1v) is 6.61. The Hall–Kier alpha value is -1.34. The smallest absolute Gasteiger partial charge is 0.479 e. The van der Waals surface area contributed by atoms with Crippen molar-refractivity contribution in [1.29, 1.82) is 0 Å². The zero-order chi connectivity index (χ0) is 15.3. The maximum atomic E-state index is 11.2. The van der Waals surface area contributed by atoms with Gasteiger partial charge >= 0.3 is 13.1 Å². The van der Waals surface area contributed by atoms with Gasteiger partial charge in [-0.05, 0) is 41.5 Å². The third kappa shape index (κ3) is 2.25. The Bertz CT molecular complexity index is 520. The standard InChI is InChI=1S/C13H21BN2O4/c1-11(2,10(17)18)16-8-9(7-15-16)14-19-12(3,4)13(5,6)20-14/h7-8H,1-6H3,(H,17,18). The van der Waals surface area contributed by atoms with Gasteiger partial charge in [0.25, 0.3) is 0 Å². The van der Waals surface area contributed by atoms with E-state index < -0.39 is 29.8 Å². The lowest BCUT2D eigenvalue weighted by Crippen LogP contribution is -2.41. The fourth-order valence-corrected chi connectivity index (χ4v) is 1.84.